The number of benzene rings is 1. The molecule has 0 aliphatic heterocycles. The van der Waals surface area contributed by atoms with E-state index < -0.39 is 5.26 Å². The van der Waals surface area contributed by atoms with E-state index in [9.17, 15) is 4.39 Å². The summed E-state index contributed by atoms with van der Waals surface area (Å²) in [4.78, 5) is 3.65. The van der Waals surface area contributed by atoms with Crippen molar-refractivity contribution < 1.29 is 4.39 Å². The predicted molar refractivity (Wildman–Crippen MR) is 44.0 cm³/mol. The number of anilines is 1. The van der Waals surface area contributed by atoms with Gasteiger partial charge in [0.1, 0.15) is 0 Å². The van der Waals surface area contributed by atoms with Crippen molar-refractivity contribution >= 4 is 27.2 Å². The molecule has 0 aliphatic rings. The van der Waals surface area contributed by atoms with Gasteiger partial charge in [0, 0.05) is 5.69 Å². The van der Waals surface area contributed by atoms with Gasteiger partial charge in [-0.1, -0.05) is 11.3 Å². The average molecular weight is 168 g/mol. The summed E-state index contributed by atoms with van der Waals surface area (Å²) in [7, 11) is 0. The summed E-state index contributed by atoms with van der Waals surface area (Å²) >= 11 is 1.03. The van der Waals surface area contributed by atoms with Crippen molar-refractivity contribution in [2.45, 2.75) is 0 Å². The van der Waals surface area contributed by atoms with Crippen LogP contribution >= 0.6 is 11.3 Å². The molecule has 1 aromatic carbocycles. The third kappa shape index (κ3) is 1.05. The molecule has 11 heavy (non-hydrogen) atoms. The van der Waals surface area contributed by atoms with Crippen LogP contribution < -0.4 is 5.73 Å². The van der Waals surface area contributed by atoms with E-state index in [-0.39, 0.29) is 0 Å². The summed E-state index contributed by atoms with van der Waals surface area (Å²) in [6.45, 7) is 0. The maximum absolute atomic E-state index is 12.5. The minimum atomic E-state index is -0.411. The van der Waals surface area contributed by atoms with E-state index >= 15 is 0 Å². The van der Waals surface area contributed by atoms with E-state index in [0.717, 1.165) is 16.0 Å². The highest BCUT2D eigenvalue weighted by Crippen LogP contribution is 2.22. The largest absolute Gasteiger partial charge is 0.399 e. The van der Waals surface area contributed by atoms with Crippen molar-refractivity contribution in [2.24, 2.45) is 0 Å². The quantitative estimate of drug-likeness (QED) is 0.611. The zero-order valence-electron chi connectivity index (χ0n) is 5.54. The van der Waals surface area contributed by atoms with Crippen molar-refractivity contribution in [3.05, 3.63) is 23.5 Å². The van der Waals surface area contributed by atoms with Gasteiger partial charge in [0.05, 0.1) is 10.2 Å². The van der Waals surface area contributed by atoms with Crippen LogP contribution in [0.1, 0.15) is 0 Å². The van der Waals surface area contributed by atoms with Crippen molar-refractivity contribution in [3.63, 3.8) is 0 Å². The Kier molecular flexibility index (Phi) is 1.29. The van der Waals surface area contributed by atoms with Gasteiger partial charge < -0.3 is 5.73 Å². The molecule has 0 bridgehead atoms. The first-order valence-electron chi connectivity index (χ1n) is 3.07. The molecular weight excluding hydrogens is 163 g/mol. The van der Waals surface area contributed by atoms with Crippen molar-refractivity contribution in [3.8, 4) is 0 Å². The number of fused-ring (bicyclic) bond motifs is 1. The lowest BCUT2D eigenvalue weighted by molar-refractivity contribution is 0.620. The molecule has 2 nitrogen and oxygen atoms in total. The topological polar surface area (TPSA) is 38.9 Å². The van der Waals surface area contributed by atoms with Gasteiger partial charge in [0.2, 0.25) is 0 Å². The second-order valence-corrected chi connectivity index (χ2v) is 3.17. The zero-order valence-corrected chi connectivity index (χ0v) is 6.36. The molecule has 2 aromatic rings. The fourth-order valence-electron chi connectivity index (χ4n) is 0.916. The molecule has 2 rings (SSSR count). The molecule has 0 saturated carbocycles. The molecule has 0 aliphatic carbocycles. The van der Waals surface area contributed by atoms with Gasteiger partial charge in [-0.15, -0.1) is 0 Å². The number of halogens is 1. The molecular formula is C7H5FN2S. The highest BCUT2D eigenvalue weighted by atomic mass is 32.1. The van der Waals surface area contributed by atoms with E-state index in [0.29, 0.717) is 11.2 Å². The van der Waals surface area contributed by atoms with E-state index in [1.54, 1.807) is 18.2 Å². The standard InChI is InChI=1S/C7H5FN2S/c8-7-10-5-3-4(9)1-2-6(5)11-7/h1-3H,9H2. The van der Waals surface area contributed by atoms with Crippen molar-refractivity contribution in [1.82, 2.24) is 4.98 Å². The molecule has 56 valence electrons. The minimum absolute atomic E-state index is 0.411. The Morgan fingerprint density at radius 3 is 3.09 bits per heavy atom. The Morgan fingerprint density at radius 1 is 1.45 bits per heavy atom. The smallest absolute Gasteiger partial charge is 0.270 e. The number of nitrogen functional groups attached to an aromatic ring is 1. The number of thiazole rings is 1. The Bertz CT molecular complexity index is 396. The van der Waals surface area contributed by atoms with Crippen LogP contribution in [0.15, 0.2) is 18.2 Å². The molecule has 0 saturated heterocycles. The summed E-state index contributed by atoms with van der Waals surface area (Å²) in [5, 5.41) is -0.411. The van der Waals surface area contributed by atoms with Gasteiger partial charge in [-0.05, 0) is 18.2 Å². The number of hydrogen-bond acceptors (Lipinski definition) is 3. The predicted octanol–water partition coefficient (Wildman–Crippen LogP) is 2.02. The molecule has 0 unspecified atom stereocenters. The third-order valence-electron chi connectivity index (χ3n) is 1.39. The van der Waals surface area contributed by atoms with E-state index in [1.807, 2.05) is 0 Å². The van der Waals surface area contributed by atoms with Crippen LogP contribution in [0.4, 0.5) is 10.1 Å². The van der Waals surface area contributed by atoms with Gasteiger partial charge in [-0.25, -0.2) is 4.98 Å². The van der Waals surface area contributed by atoms with Crippen molar-refractivity contribution in [2.75, 3.05) is 5.73 Å². The first-order chi connectivity index (χ1) is 5.25. The summed E-state index contributed by atoms with van der Waals surface area (Å²) < 4.78 is 13.4. The highest BCUT2D eigenvalue weighted by Gasteiger charge is 2.01. The second-order valence-electron chi connectivity index (χ2n) is 2.19. The Hall–Kier alpha value is -1.16. The lowest BCUT2D eigenvalue weighted by Crippen LogP contribution is -1.81. The van der Waals surface area contributed by atoms with Gasteiger partial charge in [0.25, 0.3) is 5.26 Å². The molecule has 0 spiro atoms. The Morgan fingerprint density at radius 2 is 2.27 bits per heavy atom. The first kappa shape index (κ1) is 6.54. The van der Waals surface area contributed by atoms with Crippen LogP contribution in [0.25, 0.3) is 10.2 Å². The summed E-state index contributed by atoms with van der Waals surface area (Å²) in [6, 6.07) is 5.17. The Balaban J connectivity index is 2.82. The molecule has 0 atom stereocenters. The molecule has 0 fully saturated rings. The molecule has 0 radical (unpaired) electrons. The number of nitrogens with two attached hydrogens (primary N) is 1. The van der Waals surface area contributed by atoms with Crippen LogP contribution in [0.3, 0.4) is 0 Å². The lowest BCUT2D eigenvalue weighted by Gasteiger charge is -1.88. The fraction of sp³-hybridized carbons (Fsp3) is 0. The molecule has 4 heteroatoms. The van der Waals surface area contributed by atoms with Crippen molar-refractivity contribution in [1.29, 1.82) is 0 Å². The summed E-state index contributed by atoms with van der Waals surface area (Å²) in [5.41, 5.74) is 6.72. The van der Waals surface area contributed by atoms with E-state index in [1.165, 1.54) is 0 Å². The number of hydrogen-bond donors (Lipinski definition) is 1. The monoisotopic (exact) mass is 168 g/mol. The first-order valence-corrected chi connectivity index (χ1v) is 3.89. The zero-order chi connectivity index (χ0) is 7.84. The number of nitrogens with zero attached hydrogens (tertiary/aromatic N) is 1. The Labute approximate surface area is 66.5 Å². The normalized spacial score (nSPS) is 10.6. The van der Waals surface area contributed by atoms with Gasteiger partial charge in [-0.2, -0.15) is 4.39 Å². The van der Waals surface area contributed by atoms with Crippen LogP contribution in [-0.4, -0.2) is 4.98 Å². The maximum Gasteiger partial charge on any atom is 0.270 e. The second kappa shape index (κ2) is 2.17. The summed E-state index contributed by atoms with van der Waals surface area (Å²) in [6.07, 6.45) is 0. The lowest BCUT2D eigenvalue weighted by atomic mass is 10.3. The average Bonchev–Trinajstić information content (AvgIpc) is 2.27. The van der Waals surface area contributed by atoms with Crippen LogP contribution in [0.2, 0.25) is 0 Å². The van der Waals surface area contributed by atoms with E-state index in [2.05, 4.69) is 4.98 Å². The van der Waals surface area contributed by atoms with Gasteiger partial charge in [-0.3, -0.25) is 0 Å². The maximum atomic E-state index is 12.5. The van der Waals surface area contributed by atoms with Gasteiger partial charge >= 0.3 is 0 Å². The van der Waals surface area contributed by atoms with Crippen LogP contribution in [0, 0.1) is 5.26 Å². The number of rotatable bonds is 0. The molecule has 0 amide bonds. The van der Waals surface area contributed by atoms with Crippen LogP contribution in [-0.2, 0) is 0 Å². The molecule has 1 aromatic heterocycles. The molecule has 1 heterocycles. The SMILES string of the molecule is Nc1ccc2sc(F)nc2c1. The third-order valence-corrected chi connectivity index (χ3v) is 2.21. The summed E-state index contributed by atoms with van der Waals surface area (Å²) in [5.74, 6) is 0. The van der Waals surface area contributed by atoms with E-state index in [4.69, 9.17) is 5.73 Å². The minimum Gasteiger partial charge on any atom is -0.399 e. The molecule has 2 N–H and O–H groups in total. The fourth-order valence-corrected chi connectivity index (χ4v) is 1.59. The van der Waals surface area contributed by atoms with Crippen LogP contribution in [0.5, 0.6) is 0 Å². The highest BCUT2D eigenvalue weighted by molar-refractivity contribution is 7.17. The number of aromatic nitrogens is 1. The van der Waals surface area contributed by atoms with Gasteiger partial charge in [0.15, 0.2) is 0 Å².